The second-order valence-corrected chi connectivity index (χ2v) is 4.45. The molecule has 0 aliphatic heterocycles. The topological polar surface area (TPSA) is 12.0 Å². The maximum atomic E-state index is 3.85. The number of aryl methyl sites for hydroxylation is 3. The third kappa shape index (κ3) is 2.96. The van der Waals surface area contributed by atoms with Gasteiger partial charge in [0.15, 0.2) is 0 Å². The van der Waals surface area contributed by atoms with Crippen LogP contribution in [-0.2, 0) is 0 Å². The predicted octanol–water partition coefficient (Wildman–Crippen LogP) is 3.84. The standard InChI is InChI=1S/C15H23N/c1-6-8-14(16-7-2)15-12(4)9-11(3)10-13(15)5/h6,9-10,14,16H,1,7-8H2,2-5H3. The first kappa shape index (κ1) is 13.0. The fourth-order valence-corrected chi connectivity index (χ4v) is 2.46. The van der Waals surface area contributed by atoms with Gasteiger partial charge in [-0.05, 0) is 50.4 Å². The monoisotopic (exact) mass is 217 g/mol. The van der Waals surface area contributed by atoms with Crippen LogP contribution in [0.5, 0.6) is 0 Å². The smallest absolute Gasteiger partial charge is 0.0359 e. The van der Waals surface area contributed by atoms with Gasteiger partial charge in [0, 0.05) is 6.04 Å². The lowest BCUT2D eigenvalue weighted by Gasteiger charge is -2.21. The second-order valence-electron chi connectivity index (χ2n) is 4.45. The number of benzene rings is 1. The van der Waals surface area contributed by atoms with Crippen molar-refractivity contribution in [1.82, 2.24) is 5.32 Å². The summed E-state index contributed by atoms with van der Waals surface area (Å²) in [6.07, 6.45) is 2.98. The maximum absolute atomic E-state index is 3.85. The van der Waals surface area contributed by atoms with Gasteiger partial charge in [-0.1, -0.05) is 30.7 Å². The van der Waals surface area contributed by atoms with Crippen molar-refractivity contribution in [1.29, 1.82) is 0 Å². The van der Waals surface area contributed by atoms with Crippen molar-refractivity contribution in [3.8, 4) is 0 Å². The molecule has 0 bridgehead atoms. The molecule has 1 aromatic carbocycles. The minimum Gasteiger partial charge on any atom is -0.310 e. The molecule has 88 valence electrons. The Balaban J connectivity index is 3.12. The number of hydrogen-bond acceptors (Lipinski definition) is 1. The van der Waals surface area contributed by atoms with Crippen LogP contribution in [0.1, 0.15) is 41.6 Å². The van der Waals surface area contributed by atoms with Crippen molar-refractivity contribution in [2.45, 2.75) is 40.2 Å². The van der Waals surface area contributed by atoms with E-state index in [2.05, 4.69) is 51.7 Å². The van der Waals surface area contributed by atoms with E-state index in [9.17, 15) is 0 Å². The molecular weight excluding hydrogens is 194 g/mol. The summed E-state index contributed by atoms with van der Waals surface area (Å²) in [5.74, 6) is 0. The lowest BCUT2D eigenvalue weighted by Crippen LogP contribution is -2.22. The highest BCUT2D eigenvalue weighted by Crippen LogP contribution is 2.26. The summed E-state index contributed by atoms with van der Waals surface area (Å²) in [5, 5.41) is 3.53. The minimum atomic E-state index is 0.406. The van der Waals surface area contributed by atoms with Crippen molar-refractivity contribution in [2.75, 3.05) is 6.54 Å². The van der Waals surface area contributed by atoms with Crippen LogP contribution in [0.25, 0.3) is 0 Å². The van der Waals surface area contributed by atoms with Crippen molar-refractivity contribution in [3.05, 3.63) is 47.0 Å². The molecule has 1 nitrogen and oxygen atoms in total. The molecular formula is C15H23N. The van der Waals surface area contributed by atoms with E-state index in [-0.39, 0.29) is 0 Å². The van der Waals surface area contributed by atoms with Gasteiger partial charge in [-0.3, -0.25) is 0 Å². The van der Waals surface area contributed by atoms with Gasteiger partial charge in [0.25, 0.3) is 0 Å². The van der Waals surface area contributed by atoms with Crippen LogP contribution in [0, 0.1) is 20.8 Å². The first-order chi connectivity index (χ1) is 7.60. The van der Waals surface area contributed by atoms with Crippen molar-refractivity contribution < 1.29 is 0 Å². The molecule has 0 saturated carbocycles. The molecule has 0 amide bonds. The van der Waals surface area contributed by atoms with Gasteiger partial charge in [0.2, 0.25) is 0 Å². The summed E-state index contributed by atoms with van der Waals surface area (Å²) in [5.41, 5.74) is 5.54. The molecule has 1 heteroatoms. The average Bonchev–Trinajstić information content (AvgIpc) is 2.16. The van der Waals surface area contributed by atoms with E-state index < -0.39 is 0 Å². The largest absolute Gasteiger partial charge is 0.310 e. The first-order valence-electron chi connectivity index (χ1n) is 6.02. The quantitative estimate of drug-likeness (QED) is 0.739. The summed E-state index contributed by atoms with van der Waals surface area (Å²) in [7, 11) is 0. The second kappa shape index (κ2) is 5.86. The first-order valence-corrected chi connectivity index (χ1v) is 6.02. The zero-order chi connectivity index (χ0) is 12.1. The van der Waals surface area contributed by atoms with Gasteiger partial charge in [-0.15, -0.1) is 6.58 Å². The predicted molar refractivity (Wildman–Crippen MR) is 71.9 cm³/mol. The van der Waals surface area contributed by atoms with E-state index in [1.165, 1.54) is 22.3 Å². The Morgan fingerprint density at radius 2 is 1.81 bits per heavy atom. The molecule has 1 rings (SSSR count). The molecule has 0 saturated heterocycles. The van der Waals surface area contributed by atoms with E-state index in [1.807, 2.05) is 6.08 Å². The summed E-state index contributed by atoms with van der Waals surface area (Å²) < 4.78 is 0. The van der Waals surface area contributed by atoms with Gasteiger partial charge in [-0.2, -0.15) is 0 Å². The van der Waals surface area contributed by atoms with E-state index >= 15 is 0 Å². The van der Waals surface area contributed by atoms with E-state index in [1.54, 1.807) is 0 Å². The molecule has 1 aromatic rings. The third-order valence-corrected chi connectivity index (χ3v) is 2.94. The Morgan fingerprint density at radius 1 is 1.25 bits per heavy atom. The van der Waals surface area contributed by atoms with E-state index in [0.29, 0.717) is 6.04 Å². The van der Waals surface area contributed by atoms with Crippen molar-refractivity contribution in [2.24, 2.45) is 0 Å². The van der Waals surface area contributed by atoms with Gasteiger partial charge < -0.3 is 5.32 Å². The Kier molecular flexibility index (Phi) is 4.75. The summed E-state index contributed by atoms with van der Waals surface area (Å²) >= 11 is 0. The zero-order valence-corrected chi connectivity index (χ0v) is 10.9. The number of nitrogens with one attached hydrogen (secondary N) is 1. The van der Waals surface area contributed by atoms with Crippen LogP contribution >= 0.6 is 0 Å². The number of rotatable bonds is 5. The molecule has 0 aliphatic rings. The van der Waals surface area contributed by atoms with Gasteiger partial charge in [-0.25, -0.2) is 0 Å². The molecule has 0 spiro atoms. The van der Waals surface area contributed by atoms with Crippen LogP contribution in [0.2, 0.25) is 0 Å². The highest BCUT2D eigenvalue weighted by atomic mass is 14.9. The zero-order valence-electron chi connectivity index (χ0n) is 10.9. The van der Waals surface area contributed by atoms with Crippen LogP contribution in [0.3, 0.4) is 0 Å². The number of hydrogen-bond donors (Lipinski definition) is 1. The van der Waals surface area contributed by atoms with Crippen LogP contribution in [-0.4, -0.2) is 6.54 Å². The fraction of sp³-hybridized carbons (Fsp3) is 0.467. The molecule has 0 heterocycles. The Bertz CT molecular complexity index is 343. The molecule has 0 aromatic heterocycles. The summed E-state index contributed by atoms with van der Waals surface area (Å²) in [6, 6.07) is 4.93. The highest BCUT2D eigenvalue weighted by molar-refractivity contribution is 5.39. The molecule has 0 aliphatic carbocycles. The summed E-state index contributed by atoms with van der Waals surface area (Å²) in [6.45, 7) is 13.5. The third-order valence-electron chi connectivity index (χ3n) is 2.94. The minimum absolute atomic E-state index is 0.406. The van der Waals surface area contributed by atoms with Gasteiger partial charge in [0.05, 0.1) is 0 Å². The van der Waals surface area contributed by atoms with Crippen LogP contribution in [0.15, 0.2) is 24.8 Å². The van der Waals surface area contributed by atoms with Crippen molar-refractivity contribution >= 4 is 0 Å². The molecule has 1 N–H and O–H groups in total. The molecule has 0 fully saturated rings. The van der Waals surface area contributed by atoms with E-state index in [0.717, 1.165) is 13.0 Å². The lowest BCUT2D eigenvalue weighted by atomic mass is 9.92. The van der Waals surface area contributed by atoms with Gasteiger partial charge in [0.1, 0.15) is 0 Å². The van der Waals surface area contributed by atoms with Gasteiger partial charge >= 0.3 is 0 Å². The summed E-state index contributed by atoms with van der Waals surface area (Å²) in [4.78, 5) is 0. The normalized spacial score (nSPS) is 12.5. The Labute approximate surface area is 99.6 Å². The maximum Gasteiger partial charge on any atom is 0.0359 e. The SMILES string of the molecule is C=CCC(NCC)c1c(C)cc(C)cc1C. The van der Waals surface area contributed by atoms with E-state index in [4.69, 9.17) is 0 Å². The fourth-order valence-electron chi connectivity index (χ4n) is 2.46. The highest BCUT2D eigenvalue weighted by Gasteiger charge is 2.13. The molecule has 0 radical (unpaired) electrons. The lowest BCUT2D eigenvalue weighted by molar-refractivity contribution is 0.554. The molecule has 1 atom stereocenters. The van der Waals surface area contributed by atoms with Crippen molar-refractivity contribution in [3.63, 3.8) is 0 Å². The molecule has 1 unspecified atom stereocenters. The molecule has 16 heavy (non-hydrogen) atoms. The van der Waals surface area contributed by atoms with Crippen LogP contribution < -0.4 is 5.32 Å². The van der Waals surface area contributed by atoms with Crippen LogP contribution in [0.4, 0.5) is 0 Å². The Hall–Kier alpha value is -1.08. The average molecular weight is 217 g/mol. The Morgan fingerprint density at radius 3 is 2.25 bits per heavy atom.